The molecule has 0 amide bonds. The van der Waals surface area contributed by atoms with Crippen molar-refractivity contribution < 1.29 is 0 Å². The monoisotopic (exact) mass is 265 g/mol. The molecule has 20 heavy (non-hydrogen) atoms. The highest BCUT2D eigenvalue weighted by Gasteiger charge is 2.11. The molecule has 0 aliphatic rings. The van der Waals surface area contributed by atoms with Crippen LogP contribution >= 0.6 is 0 Å². The smallest absolute Gasteiger partial charge is 0.247 e. The van der Waals surface area contributed by atoms with E-state index in [9.17, 15) is 4.79 Å². The van der Waals surface area contributed by atoms with Gasteiger partial charge in [-0.3, -0.25) is 0 Å². The van der Waals surface area contributed by atoms with Crippen LogP contribution in [0.4, 0.5) is 0 Å². The highest BCUT2D eigenvalue weighted by atomic mass is 16.1. The first kappa shape index (κ1) is 12.4. The minimum absolute atomic E-state index is 0.220. The van der Waals surface area contributed by atoms with E-state index in [0.717, 1.165) is 16.8 Å². The van der Waals surface area contributed by atoms with Crippen LogP contribution in [0.2, 0.25) is 0 Å². The molecule has 0 radical (unpaired) electrons. The Morgan fingerprint density at radius 1 is 1.00 bits per heavy atom. The van der Waals surface area contributed by atoms with Gasteiger partial charge in [-0.15, -0.1) is 0 Å². The topological polar surface area (TPSA) is 50.7 Å². The number of para-hydroxylation sites is 1. The van der Waals surface area contributed by atoms with Gasteiger partial charge in [0.1, 0.15) is 5.82 Å². The average molecular weight is 265 g/mol. The highest BCUT2D eigenvalue weighted by molar-refractivity contribution is 5.73. The van der Waals surface area contributed by atoms with Crippen molar-refractivity contribution in [2.75, 3.05) is 0 Å². The van der Waals surface area contributed by atoms with Crippen molar-refractivity contribution in [1.82, 2.24) is 14.8 Å². The molecular formula is C16H15N3O. The number of aryl methyl sites for hydroxylation is 2. The Morgan fingerprint density at radius 3 is 2.35 bits per heavy atom. The molecule has 1 heterocycles. The van der Waals surface area contributed by atoms with Crippen molar-refractivity contribution in [1.29, 1.82) is 0 Å². The molecule has 1 aromatic heterocycles. The molecule has 3 rings (SSSR count). The number of rotatable bonds is 2. The zero-order valence-corrected chi connectivity index (χ0v) is 11.4. The number of nitrogens with zero attached hydrogens (tertiary/aromatic N) is 2. The quantitative estimate of drug-likeness (QED) is 0.774. The Bertz CT molecular complexity index is 797. The molecule has 0 bridgehead atoms. The Labute approximate surface area is 116 Å². The van der Waals surface area contributed by atoms with Crippen LogP contribution in [0.15, 0.2) is 53.3 Å². The summed E-state index contributed by atoms with van der Waals surface area (Å²) in [7, 11) is 0. The summed E-state index contributed by atoms with van der Waals surface area (Å²) in [6.07, 6.45) is 0. The SMILES string of the molecule is Cc1ccc(-c2ccccc2-n2c(C)n[nH]c2=O)cc1. The van der Waals surface area contributed by atoms with Gasteiger partial charge in [-0.25, -0.2) is 14.5 Å². The lowest BCUT2D eigenvalue weighted by Crippen LogP contribution is -2.16. The van der Waals surface area contributed by atoms with Crippen molar-refractivity contribution in [2.24, 2.45) is 0 Å². The van der Waals surface area contributed by atoms with Crippen molar-refractivity contribution in [3.05, 3.63) is 70.4 Å². The maximum absolute atomic E-state index is 11.9. The van der Waals surface area contributed by atoms with Gasteiger partial charge in [0.2, 0.25) is 0 Å². The molecule has 0 unspecified atom stereocenters. The predicted molar refractivity (Wildman–Crippen MR) is 79.1 cm³/mol. The van der Waals surface area contributed by atoms with E-state index in [1.807, 2.05) is 31.2 Å². The molecular weight excluding hydrogens is 250 g/mol. The van der Waals surface area contributed by atoms with Crippen LogP contribution in [0.5, 0.6) is 0 Å². The summed E-state index contributed by atoms with van der Waals surface area (Å²) in [6.45, 7) is 3.87. The fourth-order valence-electron chi connectivity index (χ4n) is 2.31. The normalized spacial score (nSPS) is 10.7. The molecule has 0 fully saturated rings. The number of hydrogen-bond donors (Lipinski definition) is 1. The zero-order chi connectivity index (χ0) is 14.1. The van der Waals surface area contributed by atoms with Gasteiger partial charge in [-0.1, -0.05) is 48.0 Å². The second-order valence-corrected chi connectivity index (χ2v) is 4.79. The maximum Gasteiger partial charge on any atom is 0.347 e. The van der Waals surface area contributed by atoms with Gasteiger partial charge in [0.25, 0.3) is 0 Å². The Kier molecular flexibility index (Phi) is 2.99. The van der Waals surface area contributed by atoms with E-state index in [0.29, 0.717) is 5.82 Å². The summed E-state index contributed by atoms with van der Waals surface area (Å²) >= 11 is 0. The fourth-order valence-corrected chi connectivity index (χ4v) is 2.31. The Hall–Kier alpha value is -2.62. The average Bonchev–Trinajstić information content (AvgIpc) is 2.79. The lowest BCUT2D eigenvalue weighted by atomic mass is 10.0. The van der Waals surface area contributed by atoms with Gasteiger partial charge >= 0.3 is 5.69 Å². The first-order valence-corrected chi connectivity index (χ1v) is 6.47. The van der Waals surface area contributed by atoms with E-state index >= 15 is 0 Å². The van der Waals surface area contributed by atoms with E-state index in [1.54, 1.807) is 4.57 Å². The predicted octanol–water partition coefficient (Wildman–Crippen LogP) is 2.84. The number of H-pyrrole nitrogens is 1. The summed E-state index contributed by atoms with van der Waals surface area (Å²) in [5, 5.41) is 6.45. The van der Waals surface area contributed by atoms with E-state index in [4.69, 9.17) is 0 Å². The molecule has 0 saturated heterocycles. The first-order chi connectivity index (χ1) is 9.66. The van der Waals surface area contributed by atoms with E-state index in [2.05, 4.69) is 41.4 Å². The number of hydrogen-bond acceptors (Lipinski definition) is 2. The number of aromatic amines is 1. The first-order valence-electron chi connectivity index (χ1n) is 6.47. The van der Waals surface area contributed by atoms with Gasteiger partial charge in [0, 0.05) is 5.56 Å². The Balaban J connectivity index is 2.24. The second kappa shape index (κ2) is 4.81. The molecule has 0 spiro atoms. The molecule has 0 saturated carbocycles. The molecule has 2 aromatic carbocycles. The van der Waals surface area contributed by atoms with Crippen molar-refractivity contribution >= 4 is 0 Å². The van der Waals surface area contributed by atoms with Crippen LogP contribution in [0.25, 0.3) is 16.8 Å². The third-order valence-electron chi connectivity index (χ3n) is 3.35. The zero-order valence-electron chi connectivity index (χ0n) is 11.4. The molecule has 0 aliphatic carbocycles. The summed E-state index contributed by atoms with van der Waals surface area (Å²) in [5.41, 5.74) is 3.93. The highest BCUT2D eigenvalue weighted by Crippen LogP contribution is 2.26. The van der Waals surface area contributed by atoms with Crippen LogP contribution < -0.4 is 5.69 Å². The van der Waals surface area contributed by atoms with Crippen LogP contribution in [0.3, 0.4) is 0 Å². The summed E-state index contributed by atoms with van der Waals surface area (Å²) in [5.74, 6) is 0.648. The van der Waals surface area contributed by atoms with Crippen molar-refractivity contribution in [3.63, 3.8) is 0 Å². The minimum Gasteiger partial charge on any atom is -0.247 e. The van der Waals surface area contributed by atoms with Gasteiger partial charge in [0.05, 0.1) is 5.69 Å². The standard InChI is InChI=1S/C16H15N3O/c1-11-7-9-13(10-8-11)14-5-3-4-6-15(14)19-12(2)17-18-16(19)20/h3-10H,1-2H3,(H,18,20). The maximum atomic E-state index is 11.9. The third kappa shape index (κ3) is 2.05. The summed E-state index contributed by atoms with van der Waals surface area (Å²) < 4.78 is 1.59. The van der Waals surface area contributed by atoms with Crippen molar-refractivity contribution in [2.45, 2.75) is 13.8 Å². The van der Waals surface area contributed by atoms with Crippen LogP contribution in [0, 0.1) is 13.8 Å². The number of aromatic nitrogens is 3. The lowest BCUT2D eigenvalue weighted by molar-refractivity contribution is 0.946. The number of benzene rings is 2. The summed E-state index contributed by atoms with van der Waals surface area (Å²) in [6, 6.07) is 16.1. The van der Waals surface area contributed by atoms with Crippen molar-refractivity contribution in [3.8, 4) is 16.8 Å². The largest absolute Gasteiger partial charge is 0.347 e. The molecule has 4 heteroatoms. The Morgan fingerprint density at radius 2 is 1.70 bits per heavy atom. The molecule has 100 valence electrons. The van der Waals surface area contributed by atoms with Gasteiger partial charge in [-0.2, -0.15) is 5.10 Å². The number of nitrogens with one attached hydrogen (secondary N) is 1. The minimum atomic E-state index is -0.220. The fraction of sp³-hybridized carbons (Fsp3) is 0.125. The van der Waals surface area contributed by atoms with E-state index in [1.165, 1.54) is 5.56 Å². The second-order valence-electron chi connectivity index (χ2n) is 4.79. The van der Waals surface area contributed by atoms with E-state index < -0.39 is 0 Å². The van der Waals surface area contributed by atoms with Crippen LogP contribution in [-0.2, 0) is 0 Å². The molecule has 1 N–H and O–H groups in total. The molecule has 0 aliphatic heterocycles. The van der Waals surface area contributed by atoms with Crippen LogP contribution in [0.1, 0.15) is 11.4 Å². The van der Waals surface area contributed by atoms with Gasteiger partial charge in [-0.05, 0) is 25.5 Å². The van der Waals surface area contributed by atoms with Gasteiger partial charge in [0.15, 0.2) is 0 Å². The molecule has 0 atom stereocenters. The molecule has 4 nitrogen and oxygen atoms in total. The molecule has 3 aromatic rings. The van der Waals surface area contributed by atoms with E-state index in [-0.39, 0.29) is 5.69 Å². The summed E-state index contributed by atoms with van der Waals surface area (Å²) in [4.78, 5) is 11.9. The third-order valence-corrected chi connectivity index (χ3v) is 3.35. The van der Waals surface area contributed by atoms with Gasteiger partial charge < -0.3 is 0 Å². The lowest BCUT2D eigenvalue weighted by Gasteiger charge is -2.10. The van der Waals surface area contributed by atoms with Crippen LogP contribution in [-0.4, -0.2) is 14.8 Å².